The quantitative estimate of drug-likeness (QED) is 0.475. The van der Waals surface area contributed by atoms with E-state index in [9.17, 15) is 9.59 Å². The molecule has 0 aliphatic rings. The zero-order valence-corrected chi connectivity index (χ0v) is 15.7. The Balaban J connectivity index is 1.37. The average Bonchev–Trinajstić information content (AvgIpc) is 3.30. The van der Waals surface area contributed by atoms with E-state index in [4.69, 9.17) is 0 Å². The van der Waals surface area contributed by atoms with Gasteiger partial charge >= 0.3 is 6.03 Å². The largest absolute Gasteiger partial charge is 0.323 e. The number of urea groups is 1. The Morgan fingerprint density at radius 1 is 0.733 bits per heavy atom. The molecule has 9 heteroatoms. The number of carbonyl (C=O) groups excluding carboxylic acids is 2. The number of benzene rings is 3. The van der Waals surface area contributed by atoms with Crippen LogP contribution in [0.3, 0.4) is 0 Å². The number of tetrazole rings is 1. The standard InChI is InChI=1S/C21H17N7O2/c29-20(23-18-7-4-8-19(13-18)28-14-22-26-27-28)15-9-11-17(12-10-15)25-21(30)24-16-5-2-1-3-6-16/h1-14H,(H,23,29)(H2,24,25,30). The zero-order chi connectivity index (χ0) is 20.8. The zero-order valence-electron chi connectivity index (χ0n) is 15.7. The highest BCUT2D eigenvalue weighted by atomic mass is 16.2. The number of aromatic nitrogens is 4. The van der Waals surface area contributed by atoms with E-state index in [1.807, 2.05) is 24.3 Å². The van der Waals surface area contributed by atoms with E-state index < -0.39 is 0 Å². The molecule has 1 aromatic heterocycles. The number of nitrogens with zero attached hydrogens (tertiary/aromatic N) is 4. The Morgan fingerprint density at radius 2 is 1.43 bits per heavy atom. The summed E-state index contributed by atoms with van der Waals surface area (Å²) in [7, 11) is 0. The number of anilines is 3. The molecule has 4 rings (SSSR count). The smallest absolute Gasteiger partial charge is 0.322 e. The molecule has 0 saturated heterocycles. The predicted molar refractivity (Wildman–Crippen MR) is 113 cm³/mol. The molecular formula is C21H17N7O2. The van der Waals surface area contributed by atoms with Crippen LogP contribution in [0.2, 0.25) is 0 Å². The van der Waals surface area contributed by atoms with Gasteiger partial charge in [-0.2, -0.15) is 0 Å². The SMILES string of the molecule is O=C(Nc1ccccc1)Nc1ccc(C(=O)Nc2cccc(-n3cnnn3)c2)cc1. The summed E-state index contributed by atoms with van der Waals surface area (Å²) in [4.78, 5) is 24.6. The summed E-state index contributed by atoms with van der Waals surface area (Å²) < 4.78 is 1.50. The summed E-state index contributed by atoms with van der Waals surface area (Å²) >= 11 is 0. The second kappa shape index (κ2) is 8.65. The van der Waals surface area contributed by atoms with Crippen molar-refractivity contribution in [3.8, 4) is 5.69 Å². The van der Waals surface area contributed by atoms with Crippen molar-refractivity contribution in [2.45, 2.75) is 0 Å². The summed E-state index contributed by atoms with van der Waals surface area (Å²) in [6.45, 7) is 0. The lowest BCUT2D eigenvalue weighted by atomic mass is 10.2. The van der Waals surface area contributed by atoms with Gasteiger partial charge in [0.2, 0.25) is 0 Å². The third-order valence-electron chi connectivity index (χ3n) is 4.15. The third kappa shape index (κ3) is 4.65. The minimum absolute atomic E-state index is 0.274. The molecular weight excluding hydrogens is 382 g/mol. The molecule has 0 fully saturated rings. The molecule has 3 amide bonds. The van der Waals surface area contributed by atoms with E-state index in [0.717, 1.165) is 5.69 Å². The van der Waals surface area contributed by atoms with Crippen LogP contribution in [0.4, 0.5) is 21.9 Å². The normalized spacial score (nSPS) is 10.3. The Morgan fingerprint density at radius 3 is 2.13 bits per heavy atom. The first-order chi connectivity index (χ1) is 14.7. The van der Waals surface area contributed by atoms with Crippen LogP contribution in [-0.2, 0) is 0 Å². The second-order valence-corrected chi connectivity index (χ2v) is 6.28. The maximum atomic E-state index is 12.5. The van der Waals surface area contributed by atoms with Crippen molar-refractivity contribution < 1.29 is 9.59 Å². The fraction of sp³-hybridized carbons (Fsp3) is 0. The number of nitrogens with one attached hydrogen (secondary N) is 3. The van der Waals surface area contributed by atoms with Gasteiger partial charge in [0.25, 0.3) is 5.91 Å². The lowest BCUT2D eigenvalue weighted by Gasteiger charge is -2.09. The highest BCUT2D eigenvalue weighted by Gasteiger charge is 2.08. The van der Waals surface area contributed by atoms with E-state index >= 15 is 0 Å². The topological polar surface area (TPSA) is 114 Å². The number of amides is 3. The highest BCUT2D eigenvalue weighted by Crippen LogP contribution is 2.16. The molecule has 1 heterocycles. The number of para-hydroxylation sites is 1. The molecule has 0 saturated carbocycles. The van der Waals surface area contributed by atoms with Crippen LogP contribution in [0.5, 0.6) is 0 Å². The molecule has 0 radical (unpaired) electrons. The minimum atomic E-state index is -0.363. The van der Waals surface area contributed by atoms with E-state index in [-0.39, 0.29) is 11.9 Å². The number of rotatable bonds is 5. The van der Waals surface area contributed by atoms with Crippen LogP contribution in [-0.4, -0.2) is 32.1 Å². The van der Waals surface area contributed by atoms with E-state index in [2.05, 4.69) is 31.5 Å². The lowest BCUT2D eigenvalue weighted by molar-refractivity contribution is 0.102. The van der Waals surface area contributed by atoms with Crippen LogP contribution < -0.4 is 16.0 Å². The van der Waals surface area contributed by atoms with Gasteiger partial charge in [-0.1, -0.05) is 24.3 Å². The van der Waals surface area contributed by atoms with Gasteiger partial charge in [0, 0.05) is 22.6 Å². The maximum absolute atomic E-state index is 12.5. The molecule has 0 bridgehead atoms. The Kier molecular flexibility index (Phi) is 5.43. The van der Waals surface area contributed by atoms with E-state index in [0.29, 0.717) is 22.6 Å². The summed E-state index contributed by atoms with van der Waals surface area (Å²) in [5.41, 5.74) is 3.05. The summed E-state index contributed by atoms with van der Waals surface area (Å²) in [5.74, 6) is -0.274. The Labute approximate surface area is 171 Å². The van der Waals surface area contributed by atoms with Crippen molar-refractivity contribution in [2.75, 3.05) is 16.0 Å². The fourth-order valence-electron chi connectivity index (χ4n) is 2.73. The van der Waals surface area contributed by atoms with Gasteiger partial charge in [0.15, 0.2) is 0 Å². The Bertz CT molecular complexity index is 1140. The van der Waals surface area contributed by atoms with Gasteiger partial charge < -0.3 is 16.0 Å². The van der Waals surface area contributed by atoms with E-state index in [1.54, 1.807) is 54.6 Å². The molecule has 0 spiro atoms. The van der Waals surface area contributed by atoms with Crippen molar-refractivity contribution in [3.05, 3.63) is 90.8 Å². The number of carbonyl (C=O) groups is 2. The molecule has 0 unspecified atom stereocenters. The number of hydrogen-bond acceptors (Lipinski definition) is 5. The van der Waals surface area contributed by atoms with Gasteiger partial charge in [-0.3, -0.25) is 4.79 Å². The molecule has 0 atom stereocenters. The van der Waals surface area contributed by atoms with E-state index in [1.165, 1.54) is 11.0 Å². The molecule has 3 aromatic carbocycles. The van der Waals surface area contributed by atoms with Crippen molar-refractivity contribution in [1.82, 2.24) is 20.2 Å². The van der Waals surface area contributed by atoms with Gasteiger partial charge in [-0.15, -0.1) is 5.10 Å². The van der Waals surface area contributed by atoms with Crippen LogP contribution in [0, 0.1) is 0 Å². The molecule has 0 aliphatic carbocycles. The first-order valence-corrected chi connectivity index (χ1v) is 9.05. The monoisotopic (exact) mass is 399 g/mol. The van der Waals surface area contributed by atoms with Crippen molar-refractivity contribution >= 4 is 29.0 Å². The second-order valence-electron chi connectivity index (χ2n) is 6.28. The summed E-state index contributed by atoms with van der Waals surface area (Å²) in [6.07, 6.45) is 1.47. The van der Waals surface area contributed by atoms with Gasteiger partial charge in [-0.25, -0.2) is 9.48 Å². The third-order valence-corrected chi connectivity index (χ3v) is 4.15. The number of hydrogen-bond donors (Lipinski definition) is 3. The fourth-order valence-corrected chi connectivity index (χ4v) is 2.73. The first kappa shape index (κ1) is 18.8. The highest BCUT2D eigenvalue weighted by molar-refractivity contribution is 6.05. The maximum Gasteiger partial charge on any atom is 0.323 e. The van der Waals surface area contributed by atoms with Gasteiger partial charge in [-0.05, 0) is 65.0 Å². The van der Waals surface area contributed by atoms with Crippen molar-refractivity contribution in [1.29, 1.82) is 0 Å². The molecule has 30 heavy (non-hydrogen) atoms. The van der Waals surface area contributed by atoms with Crippen LogP contribution >= 0.6 is 0 Å². The molecule has 9 nitrogen and oxygen atoms in total. The van der Waals surface area contributed by atoms with Crippen molar-refractivity contribution in [3.63, 3.8) is 0 Å². The lowest BCUT2D eigenvalue weighted by Crippen LogP contribution is -2.19. The summed E-state index contributed by atoms with van der Waals surface area (Å²) in [5, 5.41) is 19.3. The summed E-state index contributed by atoms with van der Waals surface area (Å²) in [6, 6.07) is 22.5. The minimum Gasteiger partial charge on any atom is -0.322 e. The van der Waals surface area contributed by atoms with Crippen LogP contribution in [0.15, 0.2) is 85.2 Å². The Hall–Kier alpha value is -4.53. The van der Waals surface area contributed by atoms with Crippen LogP contribution in [0.25, 0.3) is 5.69 Å². The van der Waals surface area contributed by atoms with Crippen molar-refractivity contribution in [2.24, 2.45) is 0 Å². The first-order valence-electron chi connectivity index (χ1n) is 9.05. The van der Waals surface area contributed by atoms with Gasteiger partial charge in [0.1, 0.15) is 6.33 Å². The van der Waals surface area contributed by atoms with Crippen LogP contribution in [0.1, 0.15) is 10.4 Å². The predicted octanol–water partition coefficient (Wildman–Crippen LogP) is 3.56. The molecule has 3 N–H and O–H groups in total. The van der Waals surface area contributed by atoms with Gasteiger partial charge in [0.05, 0.1) is 5.69 Å². The molecule has 0 aliphatic heterocycles. The average molecular weight is 399 g/mol. The molecule has 148 valence electrons. The molecule has 4 aromatic rings.